The normalized spacial score (nSPS) is 15.2. The molecule has 6 heteroatoms. The van der Waals surface area contributed by atoms with Crippen molar-refractivity contribution < 1.29 is 0 Å². The molecule has 0 unspecified atom stereocenters. The van der Waals surface area contributed by atoms with Gasteiger partial charge in [0.05, 0.1) is 0 Å². The average molecular weight is 322 g/mol. The largest absolute Gasteiger partial charge is 0.355 e. The summed E-state index contributed by atoms with van der Waals surface area (Å²) in [7, 11) is 0. The van der Waals surface area contributed by atoms with Crippen LogP contribution in [0.3, 0.4) is 0 Å². The van der Waals surface area contributed by atoms with Crippen LogP contribution >= 0.6 is 0 Å². The minimum absolute atomic E-state index is 0.755. The van der Waals surface area contributed by atoms with Crippen LogP contribution in [0.25, 0.3) is 22.7 Å². The van der Waals surface area contributed by atoms with Gasteiger partial charge >= 0.3 is 0 Å². The summed E-state index contributed by atoms with van der Waals surface area (Å²) >= 11 is 0. The molecular weight excluding hydrogens is 300 g/mol. The predicted octanol–water partition coefficient (Wildman–Crippen LogP) is 3.28. The van der Waals surface area contributed by atoms with Crippen molar-refractivity contribution in [3.8, 4) is 11.5 Å². The number of anilines is 1. The minimum atomic E-state index is 0.755. The summed E-state index contributed by atoms with van der Waals surface area (Å²) in [5.74, 6) is 2.48. The molecule has 124 valence electrons. The number of rotatable bonds is 3. The molecule has 1 aliphatic heterocycles. The summed E-state index contributed by atoms with van der Waals surface area (Å²) in [6.07, 6.45) is 6.61. The maximum absolute atomic E-state index is 4.77. The zero-order chi connectivity index (χ0) is 16.5. The van der Waals surface area contributed by atoms with Gasteiger partial charge in [-0.25, -0.2) is 15.0 Å². The van der Waals surface area contributed by atoms with E-state index in [9.17, 15) is 0 Å². The highest BCUT2D eigenvalue weighted by molar-refractivity contribution is 5.86. The molecule has 0 radical (unpaired) electrons. The summed E-state index contributed by atoms with van der Waals surface area (Å²) in [6.45, 7) is 6.14. The number of pyridine rings is 1. The molecule has 1 aliphatic rings. The molecule has 6 nitrogen and oxygen atoms in total. The number of aromatic amines is 1. The van der Waals surface area contributed by atoms with Gasteiger partial charge in [0.2, 0.25) is 0 Å². The number of fused-ring (bicyclic) bond motifs is 1. The van der Waals surface area contributed by atoms with Crippen molar-refractivity contribution in [1.82, 2.24) is 24.9 Å². The smallest absolute Gasteiger partial charge is 0.163 e. The van der Waals surface area contributed by atoms with Crippen molar-refractivity contribution in [3.63, 3.8) is 0 Å². The van der Waals surface area contributed by atoms with Gasteiger partial charge < -0.3 is 9.88 Å². The summed E-state index contributed by atoms with van der Waals surface area (Å²) in [5.41, 5.74) is 3.70. The summed E-state index contributed by atoms with van der Waals surface area (Å²) in [4.78, 5) is 24.1. The molecule has 4 heterocycles. The van der Waals surface area contributed by atoms with Crippen LogP contribution in [-0.4, -0.2) is 38.0 Å². The Hall–Kier alpha value is -2.50. The van der Waals surface area contributed by atoms with E-state index in [0.29, 0.717) is 0 Å². The van der Waals surface area contributed by atoms with E-state index in [1.165, 1.54) is 24.8 Å². The standard InChI is InChI=1S/C18H22N6/c1-3-13-7-8-14(19-11-13)16-22-15-17(23-16)20-12(2)21-18(15)24-9-5-4-6-10-24/h7-8,11H,3-6,9-10H2,1-2H3,(H,20,21,22,23). The number of hydrogen-bond acceptors (Lipinski definition) is 5. The zero-order valence-electron chi connectivity index (χ0n) is 14.2. The highest BCUT2D eigenvalue weighted by atomic mass is 15.2. The van der Waals surface area contributed by atoms with E-state index in [4.69, 9.17) is 4.98 Å². The lowest BCUT2D eigenvalue weighted by Gasteiger charge is -2.27. The van der Waals surface area contributed by atoms with E-state index in [2.05, 4.69) is 37.8 Å². The van der Waals surface area contributed by atoms with Gasteiger partial charge in [0, 0.05) is 19.3 Å². The van der Waals surface area contributed by atoms with Crippen LogP contribution in [-0.2, 0) is 6.42 Å². The van der Waals surface area contributed by atoms with Crippen molar-refractivity contribution in [3.05, 3.63) is 29.7 Å². The number of aromatic nitrogens is 5. The van der Waals surface area contributed by atoms with E-state index >= 15 is 0 Å². The van der Waals surface area contributed by atoms with Crippen LogP contribution in [0.1, 0.15) is 37.6 Å². The molecule has 0 spiro atoms. The van der Waals surface area contributed by atoms with Crippen LogP contribution in [0.15, 0.2) is 18.3 Å². The number of nitrogens with one attached hydrogen (secondary N) is 1. The highest BCUT2D eigenvalue weighted by Crippen LogP contribution is 2.27. The molecule has 1 fully saturated rings. The van der Waals surface area contributed by atoms with Gasteiger partial charge in [-0.05, 0) is 44.2 Å². The molecule has 0 aliphatic carbocycles. The molecule has 24 heavy (non-hydrogen) atoms. The van der Waals surface area contributed by atoms with Crippen LogP contribution in [0.5, 0.6) is 0 Å². The molecule has 0 saturated carbocycles. The summed E-state index contributed by atoms with van der Waals surface area (Å²) in [6, 6.07) is 4.11. The second-order valence-corrected chi connectivity index (χ2v) is 6.33. The lowest BCUT2D eigenvalue weighted by atomic mass is 10.1. The Morgan fingerprint density at radius 2 is 1.92 bits per heavy atom. The predicted molar refractivity (Wildman–Crippen MR) is 95.1 cm³/mol. The number of imidazole rings is 1. The van der Waals surface area contributed by atoms with E-state index in [1.54, 1.807) is 0 Å². The van der Waals surface area contributed by atoms with Gasteiger partial charge in [-0.2, -0.15) is 0 Å². The zero-order valence-corrected chi connectivity index (χ0v) is 14.2. The first kappa shape index (κ1) is 15.1. The van der Waals surface area contributed by atoms with E-state index < -0.39 is 0 Å². The average Bonchev–Trinajstić information content (AvgIpc) is 3.05. The fraction of sp³-hybridized carbons (Fsp3) is 0.444. The van der Waals surface area contributed by atoms with E-state index in [1.807, 2.05) is 19.2 Å². The van der Waals surface area contributed by atoms with Crippen LogP contribution in [0.4, 0.5) is 5.82 Å². The van der Waals surface area contributed by atoms with Crippen LogP contribution < -0.4 is 4.90 Å². The Kier molecular flexibility index (Phi) is 3.88. The van der Waals surface area contributed by atoms with Gasteiger partial charge in [0.1, 0.15) is 11.5 Å². The van der Waals surface area contributed by atoms with Gasteiger partial charge in [0.15, 0.2) is 22.8 Å². The van der Waals surface area contributed by atoms with Gasteiger partial charge in [-0.15, -0.1) is 0 Å². The van der Waals surface area contributed by atoms with Gasteiger partial charge in [-0.3, -0.25) is 4.98 Å². The third-order valence-corrected chi connectivity index (χ3v) is 4.57. The fourth-order valence-electron chi connectivity index (χ4n) is 3.22. The maximum atomic E-state index is 4.77. The van der Waals surface area contributed by atoms with E-state index in [0.717, 1.165) is 53.8 Å². The lowest BCUT2D eigenvalue weighted by Crippen LogP contribution is -2.30. The molecule has 0 aromatic carbocycles. The molecule has 1 saturated heterocycles. The quantitative estimate of drug-likeness (QED) is 0.801. The minimum Gasteiger partial charge on any atom is -0.355 e. The summed E-state index contributed by atoms with van der Waals surface area (Å²) < 4.78 is 0. The first-order valence-corrected chi connectivity index (χ1v) is 8.69. The van der Waals surface area contributed by atoms with Gasteiger partial charge in [0.25, 0.3) is 0 Å². The number of hydrogen-bond donors (Lipinski definition) is 1. The van der Waals surface area contributed by atoms with Gasteiger partial charge in [-0.1, -0.05) is 13.0 Å². The molecule has 0 bridgehead atoms. The maximum Gasteiger partial charge on any atom is 0.163 e. The SMILES string of the molecule is CCc1ccc(-c2nc3c(N4CCCCC4)nc(C)nc3[nH]2)nc1. The van der Waals surface area contributed by atoms with Crippen molar-refractivity contribution in [2.75, 3.05) is 18.0 Å². The molecule has 3 aromatic heterocycles. The Balaban J connectivity index is 1.78. The second kappa shape index (κ2) is 6.19. The molecule has 0 amide bonds. The third kappa shape index (κ3) is 2.72. The number of piperidine rings is 1. The molecule has 0 atom stereocenters. The van der Waals surface area contributed by atoms with Crippen molar-refractivity contribution in [2.45, 2.75) is 39.5 Å². The number of H-pyrrole nitrogens is 1. The first-order valence-electron chi connectivity index (χ1n) is 8.69. The van der Waals surface area contributed by atoms with Crippen molar-refractivity contribution >= 4 is 17.0 Å². The van der Waals surface area contributed by atoms with Crippen LogP contribution in [0.2, 0.25) is 0 Å². The molecule has 4 rings (SSSR count). The Bertz CT molecular complexity index is 846. The molecule has 1 N–H and O–H groups in total. The Morgan fingerprint density at radius 3 is 2.62 bits per heavy atom. The third-order valence-electron chi connectivity index (χ3n) is 4.57. The molecular formula is C18H22N6. The number of nitrogens with zero attached hydrogens (tertiary/aromatic N) is 5. The summed E-state index contributed by atoms with van der Waals surface area (Å²) in [5, 5.41) is 0. The number of aryl methyl sites for hydroxylation is 2. The topological polar surface area (TPSA) is 70.6 Å². The lowest BCUT2D eigenvalue weighted by molar-refractivity contribution is 0.574. The highest BCUT2D eigenvalue weighted by Gasteiger charge is 2.19. The first-order chi connectivity index (χ1) is 11.7. The van der Waals surface area contributed by atoms with Crippen molar-refractivity contribution in [2.24, 2.45) is 0 Å². The Labute approximate surface area is 141 Å². The fourth-order valence-corrected chi connectivity index (χ4v) is 3.22. The second-order valence-electron chi connectivity index (χ2n) is 6.33. The molecule has 3 aromatic rings. The van der Waals surface area contributed by atoms with Crippen LogP contribution in [0, 0.1) is 6.92 Å². The Morgan fingerprint density at radius 1 is 1.08 bits per heavy atom. The van der Waals surface area contributed by atoms with Crippen molar-refractivity contribution in [1.29, 1.82) is 0 Å². The van der Waals surface area contributed by atoms with E-state index in [-0.39, 0.29) is 0 Å². The monoisotopic (exact) mass is 322 g/mol.